The molecule has 1 heterocycles. The fourth-order valence-electron chi connectivity index (χ4n) is 1.92. The van der Waals surface area contributed by atoms with Gasteiger partial charge >= 0.3 is 0 Å². The number of nitrogens with zero attached hydrogens (tertiary/aromatic N) is 2. The highest BCUT2D eigenvalue weighted by atomic mass is 127. The first-order valence-electron chi connectivity index (χ1n) is 8.17. The molecule has 9 heteroatoms. The van der Waals surface area contributed by atoms with E-state index >= 15 is 0 Å². The predicted octanol–water partition coefficient (Wildman–Crippen LogP) is 3.47. The van der Waals surface area contributed by atoms with E-state index in [9.17, 15) is 4.79 Å². The number of furan rings is 1. The normalized spacial score (nSPS) is 10.9. The molecule has 0 atom stereocenters. The van der Waals surface area contributed by atoms with Crippen LogP contribution in [-0.4, -0.2) is 49.7 Å². The van der Waals surface area contributed by atoms with Crippen molar-refractivity contribution in [3.05, 3.63) is 53.4 Å². The molecule has 0 saturated heterocycles. The van der Waals surface area contributed by atoms with E-state index in [2.05, 4.69) is 15.6 Å². The van der Waals surface area contributed by atoms with E-state index in [1.54, 1.807) is 32.1 Å². The van der Waals surface area contributed by atoms with E-state index < -0.39 is 0 Å². The lowest BCUT2D eigenvalue weighted by molar-refractivity contribution is -0.127. The zero-order valence-corrected chi connectivity index (χ0v) is 19.2. The zero-order valence-electron chi connectivity index (χ0n) is 15.3. The summed E-state index contributed by atoms with van der Waals surface area (Å²) in [6, 6.07) is 11.5. The Labute approximate surface area is 186 Å². The maximum absolute atomic E-state index is 11.8. The summed E-state index contributed by atoms with van der Waals surface area (Å²) in [5.74, 6) is 2.17. The van der Waals surface area contributed by atoms with Crippen molar-refractivity contribution in [2.24, 2.45) is 4.99 Å². The minimum absolute atomic E-state index is 0. The van der Waals surface area contributed by atoms with Crippen molar-refractivity contribution in [2.45, 2.75) is 11.4 Å². The third-order valence-corrected chi connectivity index (χ3v) is 4.62. The first-order valence-corrected chi connectivity index (χ1v) is 9.54. The maximum atomic E-state index is 11.8. The quantitative estimate of drug-likeness (QED) is 0.183. The van der Waals surface area contributed by atoms with Crippen LogP contribution in [0, 0.1) is 0 Å². The highest BCUT2D eigenvalue weighted by Gasteiger charge is 2.05. The highest BCUT2D eigenvalue weighted by Crippen LogP contribution is 2.19. The number of carbonyl (C=O) groups is 1. The molecule has 2 rings (SSSR count). The van der Waals surface area contributed by atoms with Crippen LogP contribution in [-0.2, 0) is 11.3 Å². The Hall–Kier alpha value is -1.39. The predicted molar refractivity (Wildman–Crippen MR) is 122 cm³/mol. The molecule has 6 nitrogen and oxygen atoms in total. The number of halogens is 2. The second kappa shape index (κ2) is 12.9. The molecular weight excluding hydrogens is 499 g/mol. The van der Waals surface area contributed by atoms with Gasteiger partial charge in [0.25, 0.3) is 0 Å². The largest absolute Gasteiger partial charge is 0.467 e. The number of thioether (sulfide) groups is 1. The van der Waals surface area contributed by atoms with Gasteiger partial charge in [-0.1, -0.05) is 11.6 Å². The van der Waals surface area contributed by atoms with E-state index in [0.717, 1.165) is 21.4 Å². The van der Waals surface area contributed by atoms with Crippen molar-refractivity contribution >= 4 is 59.2 Å². The average molecular weight is 523 g/mol. The van der Waals surface area contributed by atoms with Crippen LogP contribution in [0.3, 0.4) is 0 Å². The molecular formula is C18H24ClIN4O2S. The van der Waals surface area contributed by atoms with E-state index in [-0.39, 0.29) is 36.4 Å². The smallest absolute Gasteiger partial charge is 0.243 e. The molecule has 0 bridgehead atoms. The summed E-state index contributed by atoms with van der Waals surface area (Å²) in [6.07, 6.45) is 1.62. The van der Waals surface area contributed by atoms with Gasteiger partial charge in [0, 0.05) is 36.3 Å². The number of aliphatic imine (C=N–C) groups is 1. The highest BCUT2D eigenvalue weighted by molar-refractivity contribution is 14.0. The molecule has 0 spiro atoms. The average Bonchev–Trinajstić information content (AvgIpc) is 3.15. The summed E-state index contributed by atoms with van der Waals surface area (Å²) < 4.78 is 5.31. The summed E-state index contributed by atoms with van der Waals surface area (Å²) in [6.45, 7) is 1.29. The molecule has 148 valence electrons. The maximum Gasteiger partial charge on any atom is 0.243 e. The van der Waals surface area contributed by atoms with E-state index in [4.69, 9.17) is 16.0 Å². The second-order valence-electron chi connectivity index (χ2n) is 5.62. The van der Waals surface area contributed by atoms with Crippen LogP contribution in [0.1, 0.15) is 5.76 Å². The molecule has 2 aromatic rings. The Kier molecular flexibility index (Phi) is 11.3. The monoisotopic (exact) mass is 522 g/mol. The molecule has 0 saturated carbocycles. The first-order chi connectivity index (χ1) is 12.5. The Bertz CT molecular complexity index is 709. The van der Waals surface area contributed by atoms with Crippen LogP contribution in [0.5, 0.6) is 0 Å². The van der Waals surface area contributed by atoms with Gasteiger partial charge in [0.1, 0.15) is 12.3 Å². The lowest BCUT2D eigenvalue weighted by Gasteiger charge is -2.13. The summed E-state index contributed by atoms with van der Waals surface area (Å²) in [5, 5.41) is 7.14. The van der Waals surface area contributed by atoms with Crippen LogP contribution < -0.4 is 10.6 Å². The lowest BCUT2D eigenvalue weighted by Crippen LogP contribution is -2.39. The van der Waals surface area contributed by atoms with Gasteiger partial charge in [0.05, 0.1) is 12.8 Å². The third-order valence-electron chi connectivity index (χ3n) is 3.36. The fourth-order valence-corrected chi connectivity index (χ4v) is 2.81. The molecule has 0 radical (unpaired) electrons. The van der Waals surface area contributed by atoms with Crippen molar-refractivity contribution in [1.82, 2.24) is 15.5 Å². The van der Waals surface area contributed by atoms with E-state index in [1.807, 2.05) is 36.4 Å². The first kappa shape index (κ1) is 23.6. The van der Waals surface area contributed by atoms with Crippen molar-refractivity contribution in [3.8, 4) is 0 Å². The Balaban J connectivity index is 0.00000364. The van der Waals surface area contributed by atoms with Crippen molar-refractivity contribution in [3.63, 3.8) is 0 Å². The molecule has 0 aliphatic rings. The van der Waals surface area contributed by atoms with Crippen LogP contribution in [0.2, 0.25) is 5.02 Å². The van der Waals surface area contributed by atoms with Crippen LogP contribution in [0.25, 0.3) is 0 Å². The van der Waals surface area contributed by atoms with Gasteiger partial charge < -0.3 is 20.0 Å². The van der Waals surface area contributed by atoms with Crippen molar-refractivity contribution in [2.75, 3.05) is 32.9 Å². The SMILES string of the molecule is CN(C)C(=O)CN=C(NCCSc1ccc(Cl)cc1)NCc1ccco1.I. The van der Waals surface area contributed by atoms with Gasteiger partial charge in [-0.25, -0.2) is 4.99 Å². The van der Waals surface area contributed by atoms with Crippen LogP contribution >= 0.6 is 47.3 Å². The molecule has 0 fully saturated rings. The summed E-state index contributed by atoms with van der Waals surface area (Å²) >= 11 is 7.61. The molecule has 1 amide bonds. The zero-order chi connectivity index (χ0) is 18.8. The van der Waals surface area contributed by atoms with Gasteiger partial charge in [0.2, 0.25) is 5.91 Å². The number of nitrogens with one attached hydrogen (secondary N) is 2. The lowest BCUT2D eigenvalue weighted by atomic mass is 10.4. The Morgan fingerprint density at radius 1 is 1.22 bits per heavy atom. The van der Waals surface area contributed by atoms with Crippen LogP contribution in [0.4, 0.5) is 0 Å². The second-order valence-corrected chi connectivity index (χ2v) is 7.22. The van der Waals surface area contributed by atoms with Gasteiger partial charge in [0.15, 0.2) is 5.96 Å². The van der Waals surface area contributed by atoms with Gasteiger partial charge in [-0.3, -0.25) is 4.79 Å². The Morgan fingerprint density at radius 3 is 2.59 bits per heavy atom. The van der Waals surface area contributed by atoms with Crippen molar-refractivity contribution in [1.29, 1.82) is 0 Å². The number of hydrogen-bond acceptors (Lipinski definition) is 4. The molecule has 2 N–H and O–H groups in total. The summed E-state index contributed by atoms with van der Waals surface area (Å²) in [4.78, 5) is 18.8. The standard InChI is InChI=1S/C18H23ClN4O2S.HI/c1-23(2)17(24)13-22-18(21-12-15-4-3-10-25-15)20-9-11-26-16-7-5-14(19)6-8-16;/h3-8,10H,9,11-13H2,1-2H3,(H2,20,21,22);1H. The number of benzene rings is 1. The van der Waals surface area contributed by atoms with Gasteiger partial charge in [-0.2, -0.15) is 0 Å². The minimum atomic E-state index is -0.0559. The molecule has 0 aliphatic carbocycles. The van der Waals surface area contributed by atoms with E-state index in [1.165, 1.54) is 4.90 Å². The minimum Gasteiger partial charge on any atom is -0.467 e. The Morgan fingerprint density at radius 2 is 1.96 bits per heavy atom. The fraction of sp³-hybridized carbons (Fsp3) is 0.333. The summed E-state index contributed by atoms with van der Waals surface area (Å²) in [7, 11) is 3.42. The van der Waals surface area contributed by atoms with Gasteiger partial charge in [-0.15, -0.1) is 35.7 Å². The van der Waals surface area contributed by atoms with Gasteiger partial charge in [-0.05, 0) is 36.4 Å². The third kappa shape index (κ3) is 9.39. The number of likely N-dealkylation sites (N-methyl/N-ethyl adjacent to an activating group) is 1. The molecule has 1 aromatic carbocycles. The topological polar surface area (TPSA) is 69.9 Å². The number of carbonyl (C=O) groups excluding carboxylic acids is 1. The van der Waals surface area contributed by atoms with E-state index in [0.29, 0.717) is 19.0 Å². The molecule has 1 aromatic heterocycles. The number of amides is 1. The summed E-state index contributed by atoms with van der Waals surface area (Å²) in [5.41, 5.74) is 0. The number of rotatable bonds is 8. The molecule has 27 heavy (non-hydrogen) atoms. The van der Waals surface area contributed by atoms with Crippen molar-refractivity contribution < 1.29 is 9.21 Å². The number of guanidine groups is 1. The number of hydrogen-bond donors (Lipinski definition) is 2. The molecule has 0 unspecified atom stereocenters. The molecule has 0 aliphatic heterocycles. The van der Waals surface area contributed by atoms with Crippen LogP contribution in [0.15, 0.2) is 57.0 Å².